The number of hydrogen-bond acceptors (Lipinski definition) is 9. The summed E-state index contributed by atoms with van der Waals surface area (Å²) in [5, 5.41) is 15.7. The zero-order chi connectivity index (χ0) is 28.2. The molecule has 0 aliphatic heterocycles. The highest BCUT2D eigenvalue weighted by Crippen LogP contribution is 2.16. The van der Waals surface area contributed by atoms with Crippen LogP contribution < -0.4 is 9.47 Å². The van der Waals surface area contributed by atoms with Crippen LogP contribution >= 0.6 is 0 Å². The molecule has 0 aliphatic rings. The van der Waals surface area contributed by atoms with Gasteiger partial charge < -0.3 is 28.8 Å². The molecule has 0 radical (unpaired) electrons. The maximum atomic E-state index is 11.6. The van der Waals surface area contributed by atoms with Crippen LogP contribution in [0.4, 0.5) is 0 Å². The van der Waals surface area contributed by atoms with Gasteiger partial charge >= 0.3 is 11.9 Å². The Kier molecular flexibility index (Phi) is 15.6. The standard InChI is InChI=1S/C13H17N3O4.C11H13N3O4/c1-3-18-12(15-16-14)9-20-11-7-5-6-10(8-11)13(17)19-4-2;1-2-17-10(13-14-12)7-18-9-5-3-4-8(6-9)11(15)16/h5-8,12H,3-4,9H2,1-2H3;3-6,10H,2,7H2,1H3,(H,15,16). The topological polar surface area (TPSA) is 198 Å². The van der Waals surface area contributed by atoms with Crippen LogP contribution in [0, 0.1) is 0 Å². The first kappa shape index (κ1) is 31.5. The van der Waals surface area contributed by atoms with Gasteiger partial charge in [-0.3, -0.25) is 0 Å². The Hall–Kier alpha value is -4.48. The lowest BCUT2D eigenvalue weighted by atomic mass is 10.2. The lowest BCUT2D eigenvalue weighted by Crippen LogP contribution is -2.19. The second-order valence-electron chi connectivity index (χ2n) is 6.93. The van der Waals surface area contributed by atoms with Gasteiger partial charge in [0.1, 0.15) is 24.7 Å². The molecule has 0 bridgehead atoms. The average Bonchev–Trinajstić information content (AvgIpc) is 2.92. The molecule has 14 nitrogen and oxygen atoms in total. The van der Waals surface area contributed by atoms with Crippen LogP contribution in [-0.2, 0) is 14.2 Å². The van der Waals surface area contributed by atoms with E-state index in [1.807, 2.05) is 0 Å². The maximum absolute atomic E-state index is 11.6. The zero-order valence-electron chi connectivity index (χ0n) is 21.3. The molecule has 2 aromatic rings. The Morgan fingerprint density at radius 1 is 0.816 bits per heavy atom. The third-order valence-electron chi connectivity index (χ3n) is 4.29. The SMILES string of the molecule is CCOC(=O)c1cccc(OCC(N=[N+]=[N-])OCC)c1.CCOC(COc1cccc(C(=O)O)c1)N=[N+]=[N-]. The molecule has 2 rings (SSSR count). The van der Waals surface area contributed by atoms with Crippen molar-refractivity contribution in [3.63, 3.8) is 0 Å². The van der Waals surface area contributed by atoms with Gasteiger partial charge in [-0.25, -0.2) is 9.59 Å². The van der Waals surface area contributed by atoms with Gasteiger partial charge in [-0.15, -0.1) is 0 Å². The second-order valence-corrected chi connectivity index (χ2v) is 6.93. The number of nitrogens with zero attached hydrogens (tertiary/aromatic N) is 6. The van der Waals surface area contributed by atoms with Crippen molar-refractivity contribution in [3.8, 4) is 11.5 Å². The average molecular weight is 531 g/mol. The van der Waals surface area contributed by atoms with E-state index in [1.165, 1.54) is 12.1 Å². The summed E-state index contributed by atoms with van der Waals surface area (Å²) in [6, 6.07) is 12.6. The third-order valence-corrected chi connectivity index (χ3v) is 4.29. The van der Waals surface area contributed by atoms with Crippen LogP contribution in [0.3, 0.4) is 0 Å². The van der Waals surface area contributed by atoms with Gasteiger partial charge in [0.25, 0.3) is 0 Å². The fraction of sp³-hybridized carbons (Fsp3) is 0.417. The second kappa shape index (κ2) is 18.7. The Bertz CT molecular complexity index is 1120. The summed E-state index contributed by atoms with van der Waals surface area (Å²) in [5.41, 5.74) is 17.3. The molecule has 0 spiro atoms. The molecule has 2 aromatic carbocycles. The summed E-state index contributed by atoms with van der Waals surface area (Å²) >= 11 is 0. The predicted octanol–water partition coefficient (Wildman–Crippen LogP) is 5.35. The summed E-state index contributed by atoms with van der Waals surface area (Å²) in [6.07, 6.45) is -1.43. The lowest BCUT2D eigenvalue weighted by molar-refractivity contribution is 0.0323. The molecule has 1 N–H and O–H groups in total. The van der Waals surface area contributed by atoms with Crippen molar-refractivity contribution in [2.45, 2.75) is 33.2 Å². The maximum Gasteiger partial charge on any atom is 0.338 e. The molecule has 0 fully saturated rings. The van der Waals surface area contributed by atoms with Crippen molar-refractivity contribution in [2.24, 2.45) is 10.2 Å². The molecule has 0 saturated heterocycles. The van der Waals surface area contributed by atoms with Crippen LogP contribution in [0.5, 0.6) is 11.5 Å². The monoisotopic (exact) mass is 530 g/mol. The number of esters is 1. The van der Waals surface area contributed by atoms with Gasteiger partial charge in [-0.05, 0) is 68.2 Å². The van der Waals surface area contributed by atoms with E-state index in [9.17, 15) is 9.59 Å². The Morgan fingerprint density at radius 2 is 1.29 bits per heavy atom. The smallest absolute Gasteiger partial charge is 0.338 e. The van der Waals surface area contributed by atoms with Crippen LogP contribution in [-0.4, -0.2) is 62.5 Å². The van der Waals surface area contributed by atoms with Gasteiger partial charge in [-0.1, -0.05) is 22.4 Å². The van der Waals surface area contributed by atoms with E-state index in [0.29, 0.717) is 36.9 Å². The first-order valence-electron chi connectivity index (χ1n) is 11.6. The summed E-state index contributed by atoms with van der Waals surface area (Å²) < 4.78 is 26.0. The number of hydrogen-bond donors (Lipinski definition) is 1. The fourth-order valence-corrected chi connectivity index (χ4v) is 2.71. The zero-order valence-corrected chi connectivity index (χ0v) is 21.3. The minimum Gasteiger partial charge on any atom is -0.491 e. The van der Waals surface area contributed by atoms with Crippen molar-refractivity contribution in [1.29, 1.82) is 0 Å². The Labute approximate surface area is 219 Å². The van der Waals surface area contributed by atoms with Crippen LogP contribution in [0.2, 0.25) is 0 Å². The van der Waals surface area contributed by atoms with E-state index < -0.39 is 24.4 Å². The number of aromatic carboxylic acids is 1. The molecule has 204 valence electrons. The summed E-state index contributed by atoms with van der Waals surface area (Å²) in [6.45, 7) is 6.52. The highest BCUT2D eigenvalue weighted by molar-refractivity contribution is 5.89. The van der Waals surface area contributed by atoms with Crippen molar-refractivity contribution in [2.75, 3.05) is 33.0 Å². The van der Waals surface area contributed by atoms with Crippen LogP contribution in [0.15, 0.2) is 58.8 Å². The van der Waals surface area contributed by atoms with Gasteiger partial charge in [0.15, 0.2) is 12.5 Å². The molecule has 0 aromatic heterocycles. The molecular weight excluding hydrogens is 500 g/mol. The van der Waals surface area contributed by atoms with E-state index in [1.54, 1.807) is 57.2 Å². The van der Waals surface area contributed by atoms with Gasteiger partial charge in [0, 0.05) is 23.0 Å². The predicted molar refractivity (Wildman–Crippen MR) is 136 cm³/mol. The summed E-state index contributed by atoms with van der Waals surface area (Å²) in [4.78, 5) is 27.6. The third kappa shape index (κ3) is 12.5. The number of carboxylic acids is 1. The number of carbonyl (C=O) groups excluding carboxylic acids is 1. The molecule has 14 heteroatoms. The number of carboxylic acid groups (broad SMARTS) is 1. The molecule has 0 saturated carbocycles. The van der Waals surface area contributed by atoms with Crippen molar-refractivity contribution in [1.82, 2.24) is 0 Å². The van der Waals surface area contributed by atoms with Crippen LogP contribution in [0.25, 0.3) is 20.9 Å². The van der Waals surface area contributed by atoms with E-state index in [-0.39, 0.29) is 18.8 Å². The first-order valence-corrected chi connectivity index (χ1v) is 11.6. The largest absolute Gasteiger partial charge is 0.491 e. The van der Waals surface area contributed by atoms with E-state index in [4.69, 9.17) is 39.9 Å². The highest BCUT2D eigenvalue weighted by Gasteiger charge is 2.10. The fourth-order valence-electron chi connectivity index (χ4n) is 2.71. The van der Waals surface area contributed by atoms with Gasteiger partial charge in [0.2, 0.25) is 0 Å². The van der Waals surface area contributed by atoms with E-state index in [2.05, 4.69) is 20.1 Å². The van der Waals surface area contributed by atoms with Gasteiger partial charge in [-0.2, -0.15) is 0 Å². The normalized spacial score (nSPS) is 11.3. The molecule has 0 aliphatic carbocycles. The molecule has 2 atom stereocenters. The first-order chi connectivity index (χ1) is 18.4. The number of azide groups is 2. The summed E-state index contributed by atoms with van der Waals surface area (Å²) in [5.74, 6) is -0.577. The lowest BCUT2D eigenvalue weighted by Gasteiger charge is -2.13. The molecular formula is C24H30N6O8. The minimum atomic E-state index is -1.03. The highest BCUT2D eigenvalue weighted by atomic mass is 16.5. The number of rotatable bonds is 15. The Morgan fingerprint density at radius 3 is 1.71 bits per heavy atom. The molecule has 0 amide bonds. The minimum absolute atomic E-state index is 0.0287. The van der Waals surface area contributed by atoms with Crippen molar-refractivity contribution >= 4 is 11.9 Å². The quantitative estimate of drug-likeness (QED) is 0.137. The number of benzene rings is 2. The number of carbonyl (C=O) groups is 2. The molecule has 38 heavy (non-hydrogen) atoms. The summed E-state index contributed by atoms with van der Waals surface area (Å²) in [7, 11) is 0. The molecule has 0 heterocycles. The van der Waals surface area contributed by atoms with Gasteiger partial charge in [0.05, 0.1) is 17.7 Å². The van der Waals surface area contributed by atoms with E-state index in [0.717, 1.165) is 0 Å². The Balaban J connectivity index is 0.000000382. The number of ether oxygens (including phenoxy) is 5. The van der Waals surface area contributed by atoms with Crippen molar-refractivity contribution < 1.29 is 38.4 Å². The van der Waals surface area contributed by atoms with Crippen LogP contribution in [0.1, 0.15) is 41.5 Å². The molecule has 2 unspecified atom stereocenters. The van der Waals surface area contributed by atoms with E-state index >= 15 is 0 Å². The van der Waals surface area contributed by atoms with Crippen molar-refractivity contribution in [3.05, 3.63) is 80.5 Å².